The lowest BCUT2D eigenvalue weighted by Gasteiger charge is -2.14. The second-order valence-corrected chi connectivity index (χ2v) is 6.86. The summed E-state index contributed by atoms with van der Waals surface area (Å²) >= 11 is 6.83. The fourth-order valence-corrected chi connectivity index (χ4v) is 3.50. The molecule has 1 unspecified atom stereocenters. The quantitative estimate of drug-likeness (QED) is 0.490. The first-order valence-corrected chi connectivity index (χ1v) is 9.96. The van der Waals surface area contributed by atoms with Gasteiger partial charge in [-0.05, 0) is 42.7 Å². The number of tetrazole rings is 1. The molecule has 1 atom stereocenters. The molecule has 30 heavy (non-hydrogen) atoms. The number of thioether (sulfide) groups is 1. The van der Waals surface area contributed by atoms with Gasteiger partial charge < -0.3 is 9.47 Å². The fraction of sp³-hybridized carbons (Fsp3) is 0.438. The Balaban J connectivity index is 2.47. The van der Waals surface area contributed by atoms with Gasteiger partial charge in [-0.15, -0.1) is 11.8 Å². The van der Waals surface area contributed by atoms with Crippen LogP contribution < -0.4 is 5.62 Å². The van der Waals surface area contributed by atoms with Crippen molar-refractivity contribution in [2.75, 3.05) is 12.9 Å². The van der Waals surface area contributed by atoms with E-state index in [4.69, 9.17) is 16.3 Å². The first-order valence-electron chi connectivity index (χ1n) is 8.35. The maximum atomic E-state index is 13.2. The molecule has 0 fully saturated rings. The molecule has 2 rings (SSSR count). The Morgan fingerprint density at radius 1 is 1.33 bits per heavy atom. The van der Waals surface area contributed by atoms with Crippen LogP contribution in [0.4, 0.5) is 18.0 Å². The number of amides is 1. The van der Waals surface area contributed by atoms with Crippen molar-refractivity contribution in [3.8, 4) is 0 Å². The predicted molar refractivity (Wildman–Crippen MR) is 99.9 cm³/mol. The molecule has 0 N–H and O–H groups in total. The number of alkyl halides is 3. The molecule has 164 valence electrons. The fourth-order valence-electron chi connectivity index (χ4n) is 2.33. The highest BCUT2D eigenvalue weighted by molar-refractivity contribution is 7.98. The van der Waals surface area contributed by atoms with E-state index in [0.29, 0.717) is 0 Å². The smallest absolute Gasteiger partial charge is 0.435 e. The molecule has 0 saturated heterocycles. The number of rotatable bonds is 5. The lowest BCUT2D eigenvalue weighted by atomic mass is 10.1. The minimum atomic E-state index is -4.63. The zero-order chi connectivity index (χ0) is 22.6. The Labute approximate surface area is 177 Å². The maximum absolute atomic E-state index is 13.2. The summed E-state index contributed by atoms with van der Waals surface area (Å²) in [5.41, 5.74) is -1.32. The van der Waals surface area contributed by atoms with Gasteiger partial charge >= 0.3 is 12.3 Å². The molecule has 1 heterocycles. The third-order valence-electron chi connectivity index (χ3n) is 3.68. The van der Waals surface area contributed by atoms with Crippen LogP contribution in [0.3, 0.4) is 0 Å². The van der Waals surface area contributed by atoms with E-state index in [1.165, 1.54) is 20.2 Å². The SMILES string of the molecule is CCOC(=O)OC(C)n1nnn(C)c1=NC(=O)c1ccc(C(F)(F)F)c(SC)c1Cl. The van der Waals surface area contributed by atoms with Crippen molar-refractivity contribution < 1.29 is 32.2 Å². The number of hydrogen-bond acceptors (Lipinski definition) is 7. The molecule has 0 aliphatic rings. The van der Waals surface area contributed by atoms with Crippen LogP contribution in [0.1, 0.15) is 36.0 Å². The lowest BCUT2D eigenvalue weighted by molar-refractivity contribution is -0.139. The van der Waals surface area contributed by atoms with E-state index in [1.54, 1.807) is 6.92 Å². The van der Waals surface area contributed by atoms with Gasteiger partial charge in [0.1, 0.15) is 0 Å². The summed E-state index contributed by atoms with van der Waals surface area (Å²) in [5, 5.41) is 7.08. The Morgan fingerprint density at radius 2 is 2.00 bits per heavy atom. The second-order valence-electron chi connectivity index (χ2n) is 5.67. The van der Waals surface area contributed by atoms with Crippen molar-refractivity contribution in [3.63, 3.8) is 0 Å². The molecule has 0 spiro atoms. The Bertz CT molecular complexity index is 1020. The van der Waals surface area contributed by atoms with Crippen molar-refractivity contribution >= 4 is 35.4 Å². The number of aromatic nitrogens is 4. The van der Waals surface area contributed by atoms with E-state index in [-0.39, 0.29) is 27.7 Å². The minimum absolute atomic E-state index is 0.0938. The normalized spacial score (nSPS) is 13.3. The zero-order valence-corrected chi connectivity index (χ0v) is 17.8. The number of halogens is 4. The van der Waals surface area contributed by atoms with Crippen LogP contribution in [-0.2, 0) is 22.7 Å². The third-order valence-corrected chi connectivity index (χ3v) is 5.01. The average molecular weight is 468 g/mol. The molecule has 14 heteroatoms. The van der Waals surface area contributed by atoms with Crippen LogP contribution in [0.5, 0.6) is 0 Å². The van der Waals surface area contributed by atoms with Gasteiger partial charge in [0.25, 0.3) is 11.5 Å². The van der Waals surface area contributed by atoms with Gasteiger partial charge in [0.2, 0.25) is 6.23 Å². The Morgan fingerprint density at radius 3 is 2.57 bits per heavy atom. The highest BCUT2D eigenvalue weighted by Crippen LogP contribution is 2.41. The van der Waals surface area contributed by atoms with Crippen LogP contribution in [0.25, 0.3) is 0 Å². The van der Waals surface area contributed by atoms with Gasteiger partial charge in [-0.3, -0.25) is 4.79 Å². The highest BCUT2D eigenvalue weighted by atomic mass is 35.5. The molecular formula is C16H17ClF3N5O4S. The first kappa shape index (κ1) is 23.7. The van der Waals surface area contributed by atoms with E-state index in [9.17, 15) is 22.8 Å². The summed E-state index contributed by atoms with van der Waals surface area (Å²) in [7, 11) is 1.42. The number of benzene rings is 1. The van der Waals surface area contributed by atoms with Crippen molar-refractivity contribution in [2.24, 2.45) is 12.0 Å². The molecule has 0 aliphatic heterocycles. The van der Waals surface area contributed by atoms with Crippen molar-refractivity contribution in [3.05, 3.63) is 33.9 Å². The summed E-state index contributed by atoms with van der Waals surface area (Å²) in [6, 6.07) is 1.71. The van der Waals surface area contributed by atoms with Crippen LogP contribution in [0.2, 0.25) is 5.02 Å². The van der Waals surface area contributed by atoms with E-state index < -0.39 is 30.0 Å². The molecule has 1 amide bonds. The molecular weight excluding hydrogens is 451 g/mol. The van der Waals surface area contributed by atoms with Crippen LogP contribution >= 0.6 is 23.4 Å². The molecule has 0 aliphatic carbocycles. The van der Waals surface area contributed by atoms with E-state index in [2.05, 4.69) is 20.2 Å². The second kappa shape index (κ2) is 9.51. The van der Waals surface area contributed by atoms with Gasteiger partial charge in [-0.25, -0.2) is 9.48 Å². The number of ether oxygens (including phenoxy) is 2. The molecule has 2 aromatic rings. The van der Waals surface area contributed by atoms with Crippen LogP contribution in [0.15, 0.2) is 22.0 Å². The third kappa shape index (κ3) is 5.14. The van der Waals surface area contributed by atoms with E-state index in [1.807, 2.05) is 0 Å². The van der Waals surface area contributed by atoms with Crippen molar-refractivity contribution in [1.82, 2.24) is 19.8 Å². The number of carbonyl (C=O) groups is 2. The maximum Gasteiger partial charge on any atom is 0.510 e. The zero-order valence-electron chi connectivity index (χ0n) is 16.2. The summed E-state index contributed by atoms with van der Waals surface area (Å²) in [6.07, 6.45) is -5.21. The lowest BCUT2D eigenvalue weighted by Crippen LogP contribution is -2.31. The monoisotopic (exact) mass is 467 g/mol. The van der Waals surface area contributed by atoms with Gasteiger partial charge in [-0.1, -0.05) is 11.6 Å². The number of hydrogen-bond donors (Lipinski definition) is 0. The molecule has 9 nitrogen and oxygen atoms in total. The molecule has 1 aromatic heterocycles. The number of nitrogens with zero attached hydrogens (tertiary/aromatic N) is 5. The predicted octanol–water partition coefficient (Wildman–Crippen LogP) is 3.44. The van der Waals surface area contributed by atoms with E-state index in [0.717, 1.165) is 33.3 Å². The van der Waals surface area contributed by atoms with Crippen LogP contribution in [0, 0.1) is 0 Å². The number of aryl methyl sites for hydroxylation is 1. The van der Waals surface area contributed by atoms with Crippen LogP contribution in [-0.4, -0.2) is 44.7 Å². The molecule has 0 bridgehead atoms. The molecule has 1 aromatic carbocycles. The summed E-state index contributed by atoms with van der Waals surface area (Å²) < 4.78 is 51.3. The molecule has 0 radical (unpaired) electrons. The van der Waals surface area contributed by atoms with Gasteiger partial charge in [0.15, 0.2) is 0 Å². The highest BCUT2D eigenvalue weighted by Gasteiger charge is 2.35. The summed E-state index contributed by atoms with van der Waals surface area (Å²) in [6.45, 7) is 3.13. The Hall–Kier alpha value is -2.54. The molecule has 0 saturated carbocycles. The van der Waals surface area contributed by atoms with Gasteiger partial charge in [0, 0.05) is 11.9 Å². The largest absolute Gasteiger partial charge is 0.510 e. The van der Waals surface area contributed by atoms with Crippen molar-refractivity contribution in [2.45, 2.75) is 31.1 Å². The van der Waals surface area contributed by atoms with Gasteiger partial charge in [0.05, 0.1) is 22.8 Å². The average Bonchev–Trinajstić information content (AvgIpc) is 3.01. The van der Waals surface area contributed by atoms with E-state index >= 15 is 0 Å². The standard InChI is InChI=1S/C16H17ClF3N5O4S/c1-5-28-15(27)29-8(2)25-14(24(3)22-23-25)21-13(26)9-6-7-10(16(18,19)20)12(30-4)11(9)17/h6-8H,5H2,1-4H3. The van der Waals surface area contributed by atoms with Crippen molar-refractivity contribution in [1.29, 1.82) is 0 Å². The minimum Gasteiger partial charge on any atom is -0.435 e. The summed E-state index contributed by atoms with van der Waals surface area (Å²) in [5.74, 6) is -0.925. The summed E-state index contributed by atoms with van der Waals surface area (Å²) in [4.78, 5) is 27.7. The Kier molecular flexibility index (Phi) is 7.53. The topological polar surface area (TPSA) is 101 Å². The number of carbonyl (C=O) groups excluding carboxylic acids is 2. The first-order chi connectivity index (χ1) is 14.0. The van der Waals surface area contributed by atoms with Gasteiger partial charge in [-0.2, -0.15) is 22.8 Å².